The number of methoxy groups -OCH3 is 1. The molecule has 2 aromatic heterocycles. The zero-order valence-corrected chi connectivity index (χ0v) is 16.7. The van der Waals surface area contributed by atoms with E-state index in [0.717, 1.165) is 16.1 Å². The summed E-state index contributed by atoms with van der Waals surface area (Å²) in [6.07, 6.45) is 0. The average Bonchev–Trinajstić information content (AvgIpc) is 3.35. The van der Waals surface area contributed by atoms with Crippen LogP contribution in [-0.4, -0.2) is 32.2 Å². The molecule has 6 nitrogen and oxygen atoms in total. The van der Waals surface area contributed by atoms with Crippen LogP contribution in [0.5, 0.6) is 0 Å². The summed E-state index contributed by atoms with van der Waals surface area (Å²) >= 11 is 7.63. The molecule has 28 heavy (non-hydrogen) atoms. The lowest BCUT2D eigenvalue weighted by Crippen LogP contribution is -2.05. The molecular formula is C20H15ClN4O2S. The van der Waals surface area contributed by atoms with Crippen molar-refractivity contribution in [2.45, 2.75) is 6.92 Å². The van der Waals surface area contributed by atoms with Crippen molar-refractivity contribution in [3.63, 3.8) is 0 Å². The Kier molecular flexibility index (Phi) is 4.93. The molecule has 0 saturated heterocycles. The Hall–Kier alpha value is -3.03. The first-order valence-corrected chi connectivity index (χ1v) is 9.56. The second-order valence-electron chi connectivity index (χ2n) is 6.06. The van der Waals surface area contributed by atoms with E-state index in [1.165, 1.54) is 18.6 Å². The van der Waals surface area contributed by atoms with Crippen molar-refractivity contribution >= 4 is 29.1 Å². The first-order valence-electron chi connectivity index (χ1n) is 8.41. The fourth-order valence-electron chi connectivity index (χ4n) is 2.77. The summed E-state index contributed by atoms with van der Waals surface area (Å²) in [5, 5.41) is 5.65. The van der Waals surface area contributed by atoms with E-state index in [1.54, 1.807) is 16.8 Å². The number of para-hydroxylation sites is 1. The Morgan fingerprint density at radius 1 is 1.14 bits per heavy atom. The smallest absolute Gasteiger partial charge is 0.358 e. The van der Waals surface area contributed by atoms with Gasteiger partial charge in [-0.2, -0.15) is 9.47 Å². The Morgan fingerprint density at radius 2 is 1.96 bits per heavy atom. The van der Waals surface area contributed by atoms with Crippen LogP contribution in [0.4, 0.5) is 0 Å². The van der Waals surface area contributed by atoms with Gasteiger partial charge in [-0.25, -0.2) is 14.5 Å². The maximum atomic E-state index is 12.0. The Labute approximate surface area is 170 Å². The predicted octanol–water partition coefficient (Wildman–Crippen LogP) is 4.81. The first-order chi connectivity index (χ1) is 13.6. The minimum absolute atomic E-state index is 0.157. The summed E-state index contributed by atoms with van der Waals surface area (Å²) in [5.41, 5.74) is 3.47. The Morgan fingerprint density at radius 3 is 2.71 bits per heavy atom. The molecule has 0 atom stereocenters. The van der Waals surface area contributed by atoms with Gasteiger partial charge in [0.2, 0.25) is 0 Å². The van der Waals surface area contributed by atoms with Gasteiger partial charge in [0.05, 0.1) is 17.8 Å². The third kappa shape index (κ3) is 3.42. The molecular weight excluding hydrogens is 396 g/mol. The monoisotopic (exact) mass is 410 g/mol. The van der Waals surface area contributed by atoms with Crippen molar-refractivity contribution in [2.75, 3.05) is 7.11 Å². The number of nitrogens with zero attached hydrogens (tertiary/aromatic N) is 4. The second-order valence-corrected chi connectivity index (χ2v) is 7.22. The van der Waals surface area contributed by atoms with Gasteiger partial charge in [-0.15, -0.1) is 0 Å². The van der Waals surface area contributed by atoms with Crippen LogP contribution < -0.4 is 0 Å². The van der Waals surface area contributed by atoms with Crippen molar-refractivity contribution in [1.82, 2.24) is 19.1 Å². The number of benzene rings is 2. The molecule has 0 aliphatic carbocycles. The summed E-state index contributed by atoms with van der Waals surface area (Å²) in [6, 6.07) is 16.9. The van der Waals surface area contributed by atoms with Crippen LogP contribution in [0.15, 0.2) is 54.6 Å². The van der Waals surface area contributed by atoms with Crippen molar-refractivity contribution in [3.8, 4) is 27.8 Å². The number of rotatable bonds is 4. The molecule has 0 unspecified atom stereocenters. The standard InChI is InChI=1S/C20H15ClN4O2S/c1-12-6-5-7-13(10-12)19-22-18(24-28-19)17-11-15(20(26)27-2)23-25(17)16-9-4-3-8-14(16)21/h3-11H,1-2H3. The van der Waals surface area contributed by atoms with E-state index < -0.39 is 5.97 Å². The highest BCUT2D eigenvalue weighted by molar-refractivity contribution is 7.09. The molecule has 0 fully saturated rings. The number of aryl methyl sites for hydroxylation is 1. The molecule has 0 bridgehead atoms. The van der Waals surface area contributed by atoms with Gasteiger partial charge in [0.1, 0.15) is 10.7 Å². The maximum absolute atomic E-state index is 12.0. The molecule has 0 saturated carbocycles. The van der Waals surface area contributed by atoms with Gasteiger partial charge in [0, 0.05) is 11.6 Å². The van der Waals surface area contributed by atoms with Crippen LogP contribution in [-0.2, 0) is 4.74 Å². The number of hydrogen-bond donors (Lipinski definition) is 0. The van der Waals surface area contributed by atoms with Gasteiger partial charge in [0.25, 0.3) is 0 Å². The number of ether oxygens (including phenoxy) is 1. The quantitative estimate of drug-likeness (QED) is 0.452. The van der Waals surface area contributed by atoms with Gasteiger partial charge in [-0.05, 0) is 36.7 Å². The Balaban J connectivity index is 1.84. The molecule has 2 aromatic carbocycles. The van der Waals surface area contributed by atoms with E-state index in [0.29, 0.717) is 22.2 Å². The van der Waals surface area contributed by atoms with Gasteiger partial charge in [-0.3, -0.25) is 0 Å². The highest BCUT2D eigenvalue weighted by atomic mass is 35.5. The van der Waals surface area contributed by atoms with Crippen LogP contribution in [0.2, 0.25) is 5.02 Å². The highest BCUT2D eigenvalue weighted by Gasteiger charge is 2.21. The molecule has 0 radical (unpaired) electrons. The van der Waals surface area contributed by atoms with Crippen molar-refractivity contribution in [1.29, 1.82) is 0 Å². The summed E-state index contributed by atoms with van der Waals surface area (Å²) in [6.45, 7) is 2.03. The van der Waals surface area contributed by atoms with E-state index in [2.05, 4.69) is 20.5 Å². The fraction of sp³-hybridized carbons (Fsp3) is 0.100. The first kappa shape index (κ1) is 18.3. The molecule has 0 amide bonds. The van der Waals surface area contributed by atoms with Crippen LogP contribution in [0.3, 0.4) is 0 Å². The minimum Gasteiger partial charge on any atom is -0.464 e. The van der Waals surface area contributed by atoms with Crippen LogP contribution in [0.25, 0.3) is 27.8 Å². The maximum Gasteiger partial charge on any atom is 0.358 e. The molecule has 0 spiro atoms. The molecule has 4 aromatic rings. The Bertz CT molecular complexity index is 1170. The third-order valence-corrected chi connectivity index (χ3v) is 5.19. The minimum atomic E-state index is -0.541. The fourth-order valence-corrected chi connectivity index (χ4v) is 3.66. The van der Waals surface area contributed by atoms with Crippen molar-refractivity contribution < 1.29 is 9.53 Å². The molecule has 0 aliphatic rings. The van der Waals surface area contributed by atoms with E-state index >= 15 is 0 Å². The molecule has 8 heteroatoms. The molecule has 0 aliphatic heterocycles. The van der Waals surface area contributed by atoms with Crippen molar-refractivity contribution in [3.05, 3.63) is 70.9 Å². The number of carbonyl (C=O) groups is 1. The topological polar surface area (TPSA) is 69.9 Å². The zero-order valence-electron chi connectivity index (χ0n) is 15.1. The molecule has 2 heterocycles. The highest BCUT2D eigenvalue weighted by Crippen LogP contribution is 2.30. The normalized spacial score (nSPS) is 10.8. The van der Waals surface area contributed by atoms with Gasteiger partial charge >= 0.3 is 5.97 Å². The number of esters is 1. The van der Waals surface area contributed by atoms with Crippen LogP contribution in [0.1, 0.15) is 16.1 Å². The molecule has 140 valence electrons. The number of halogens is 1. The summed E-state index contributed by atoms with van der Waals surface area (Å²) in [4.78, 5) is 16.7. The lowest BCUT2D eigenvalue weighted by Gasteiger charge is -2.06. The summed E-state index contributed by atoms with van der Waals surface area (Å²) in [7, 11) is 1.31. The van der Waals surface area contributed by atoms with Crippen LogP contribution >= 0.6 is 23.1 Å². The van der Waals surface area contributed by atoms with Gasteiger partial charge in [0.15, 0.2) is 11.5 Å². The summed E-state index contributed by atoms with van der Waals surface area (Å²) in [5.74, 6) is -0.0785. The number of carbonyl (C=O) groups excluding carboxylic acids is 1. The van der Waals surface area contributed by atoms with Crippen LogP contribution in [0, 0.1) is 6.92 Å². The summed E-state index contributed by atoms with van der Waals surface area (Å²) < 4.78 is 10.9. The van der Waals surface area contributed by atoms with E-state index in [1.807, 2.05) is 43.3 Å². The SMILES string of the molecule is COC(=O)c1cc(-c2nsc(-c3cccc(C)c3)n2)n(-c2ccccc2Cl)n1. The molecule has 0 N–H and O–H groups in total. The van der Waals surface area contributed by atoms with Gasteiger partial charge < -0.3 is 4.74 Å². The molecule has 4 rings (SSSR count). The largest absolute Gasteiger partial charge is 0.464 e. The van der Waals surface area contributed by atoms with E-state index in [4.69, 9.17) is 16.3 Å². The van der Waals surface area contributed by atoms with E-state index in [9.17, 15) is 4.79 Å². The zero-order chi connectivity index (χ0) is 19.7. The lowest BCUT2D eigenvalue weighted by atomic mass is 10.1. The van der Waals surface area contributed by atoms with Gasteiger partial charge in [-0.1, -0.05) is 47.5 Å². The third-order valence-electron chi connectivity index (χ3n) is 4.10. The average molecular weight is 411 g/mol. The predicted molar refractivity (Wildman–Crippen MR) is 109 cm³/mol. The number of hydrogen-bond acceptors (Lipinski definition) is 6. The van der Waals surface area contributed by atoms with E-state index in [-0.39, 0.29) is 5.69 Å². The second kappa shape index (κ2) is 7.53. The van der Waals surface area contributed by atoms with Crippen molar-refractivity contribution in [2.24, 2.45) is 0 Å². The number of aromatic nitrogens is 4. The lowest BCUT2D eigenvalue weighted by molar-refractivity contribution is 0.0593.